The molecule has 0 unspecified atom stereocenters. The lowest BCUT2D eigenvalue weighted by atomic mass is 9.76. The average Bonchev–Trinajstić information content (AvgIpc) is 2.38. The number of hydrogen-bond acceptors (Lipinski definition) is 4. The van der Waals surface area contributed by atoms with E-state index in [1.165, 1.54) is 44.4 Å². The van der Waals surface area contributed by atoms with Gasteiger partial charge in [0.1, 0.15) is 0 Å². The Kier molecular flexibility index (Phi) is 3.79. The summed E-state index contributed by atoms with van der Waals surface area (Å²) < 4.78 is 0. The second-order valence-electron chi connectivity index (χ2n) is 5.30. The number of nitrogens with one attached hydrogen (secondary N) is 1. The highest BCUT2D eigenvalue weighted by Gasteiger charge is 2.26. The number of hydrogen-bond donors (Lipinski definition) is 2. The fourth-order valence-electron chi connectivity index (χ4n) is 2.44. The number of rotatable bonds is 4. The van der Waals surface area contributed by atoms with Gasteiger partial charge in [-0.25, -0.2) is 14.8 Å². The lowest BCUT2D eigenvalue weighted by Gasteiger charge is -2.33. The van der Waals surface area contributed by atoms with Gasteiger partial charge in [-0.2, -0.15) is 0 Å². The molecule has 2 rings (SSSR count). The van der Waals surface area contributed by atoms with Gasteiger partial charge in [0.2, 0.25) is 5.95 Å². The Hall–Kier alpha value is -1.65. The maximum Gasteiger partial charge on any atom is 0.354 e. The molecule has 0 saturated heterocycles. The van der Waals surface area contributed by atoms with E-state index in [9.17, 15) is 4.79 Å². The van der Waals surface area contributed by atoms with E-state index < -0.39 is 5.97 Å². The van der Waals surface area contributed by atoms with E-state index in [2.05, 4.69) is 22.2 Å². The van der Waals surface area contributed by atoms with Crippen molar-refractivity contribution < 1.29 is 9.90 Å². The van der Waals surface area contributed by atoms with Gasteiger partial charge in [-0.1, -0.05) is 26.2 Å². The molecule has 0 radical (unpaired) electrons. The molecule has 18 heavy (non-hydrogen) atoms. The van der Waals surface area contributed by atoms with E-state index >= 15 is 0 Å². The number of aromatic carboxylic acids is 1. The number of anilines is 1. The summed E-state index contributed by atoms with van der Waals surface area (Å²) in [6.07, 6.45) is 7.75. The molecule has 0 atom stereocenters. The van der Waals surface area contributed by atoms with Crippen LogP contribution in [0.3, 0.4) is 0 Å². The topological polar surface area (TPSA) is 75.1 Å². The lowest BCUT2D eigenvalue weighted by molar-refractivity contribution is 0.0690. The molecule has 0 aliphatic heterocycles. The van der Waals surface area contributed by atoms with Crippen molar-refractivity contribution in [1.82, 2.24) is 9.97 Å². The number of carboxylic acid groups (broad SMARTS) is 1. The van der Waals surface area contributed by atoms with Crippen LogP contribution in [0.4, 0.5) is 5.95 Å². The summed E-state index contributed by atoms with van der Waals surface area (Å²) in [5, 5.41) is 12.0. The molecule has 1 heterocycles. The largest absolute Gasteiger partial charge is 0.477 e. The van der Waals surface area contributed by atoms with E-state index in [-0.39, 0.29) is 11.1 Å². The highest BCUT2D eigenvalue weighted by molar-refractivity contribution is 5.85. The van der Waals surface area contributed by atoms with Crippen LogP contribution in [0.25, 0.3) is 0 Å². The van der Waals surface area contributed by atoms with Gasteiger partial charge in [0, 0.05) is 12.7 Å². The first-order valence-corrected chi connectivity index (χ1v) is 6.39. The summed E-state index contributed by atoms with van der Waals surface area (Å²) in [6, 6.07) is 1.40. The van der Waals surface area contributed by atoms with Crippen LogP contribution in [0.15, 0.2) is 12.3 Å². The van der Waals surface area contributed by atoms with Gasteiger partial charge in [-0.15, -0.1) is 0 Å². The van der Waals surface area contributed by atoms with Gasteiger partial charge in [0.15, 0.2) is 5.69 Å². The normalized spacial score (nSPS) is 18.3. The average molecular weight is 249 g/mol. The zero-order valence-electron chi connectivity index (χ0n) is 10.6. The van der Waals surface area contributed by atoms with Crippen LogP contribution < -0.4 is 5.32 Å². The fourth-order valence-corrected chi connectivity index (χ4v) is 2.44. The van der Waals surface area contributed by atoms with Crippen molar-refractivity contribution in [2.24, 2.45) is 5.41 Å². The molecule has 1 aromatic rings. The Morgan fingerprint density at radius 1 is 1.44 bits per heavy atom. The third-order valence-corrected chi connectivity index (χ3v) is 3.61. The van der Waals surface area contributed by atoms with Crippen molar-refractivity contribution in [2.75, 3.05) is 11.9 Å². The molecule has 0 aromatic carbocycles. The van der Waals surface area contributed by atoms with E-state index in [0.29, 0.717) is 5.95 Å². The van der Waals surface area contributed by atoms with Crippen molar-refractivity contribution in [3.63, 3.8) is 0 Å². The molecular weight excluding hydrogens is 230 g/mol. The Labute approximate surface area is 107 Å². The third kappa shape index (κ3) is 3.18. The van der Waals surface area contributed by atoms with Gasteiger partial charge in [0.05, 0.1) is 0 Å². The molecule has 1 fully saturated rings. The quantitative estimate of drug-likeness (QED) is 0.857. The smallest absolute Gasteiger partial charge is 0.354 e. The molecule has 0 spiro atoms. The Bertz CT molecular complexity index is 428. The zero-order chi connectivity index (χ0) is 13.0. The second-order valence-corrected chi connectivity index (χ2v) is 5.30. The molecule has 5 nitrogen and oxygen atoms in total. The highest BCUT2D eigenvalue weighted by Crippen LogP contribution is 2.35. The summed E-state index contributed by atoms with van der Waals surface area (Å²) in [5.74, 6) is -0.619. The predicted octanol–water partition coefficient (Wildman–Crippen LogP) is 2.56. The SMILES string of the molecule is CC1(CNc2nccc(C(=O)O)n2)CCCCC1. The van der Waals surface area contributed by atoms with Gasteiger partial charge in [-0.05, 0) is 24.3 Å². The third-order valence-electron chi connectivity index (χ3n) is 3.61. The number of carboxylic acids is 1. The first-order valence-electron chi connectivity index (χ1n) is 6.39. The molecule has 1 saturated carbocycles. The number of carbonyl (C=O) groups is 1. The monoisotopic (exact) mass is 249 g/mol. The Balaban J connectivity index is 1.97. The highest BCUT2D eigenvalue weighted by atomic mass is 16.4. The van der Waals surface area contributed by atoms with Crippen molar-refractivity contribution in [3.05, 3.63) is 18.0 Å². The van der Waals surface area contributed by atoms with E-state index in [4.69, 9.17) is 5.11 Å². The summed E-state index contributed by atoms with van der Waals surface area (Å²) in [7, 11) is 0. The maximum absolute atomic E-state index is 10.8. The zero-order valence-corrected chi connectivity index (χ0v) is 10.6. The molecule has 1 aliphatic carbocycles. The van der Waals surface area contributed by atoms with Crippen LogP contribution in [-0.4, -0.2) is 27.6 Å². The maximum atomic E-state index is 10.8. The second kappa shape index (κ2) is 5.33. The minimum Gasteiger partial charge on any atom is -0.477 e. The van der Waals surface area contributed by atoms with Crippen LogP contribution in [0.2, 0.25) is 0 Å². The Morgan fingerprint density at radius 3 is 2.83 bits per heavy atom. The first kappa shape index (κ1) is 12.8. The van der Waals surface area contributed by atoms with Crippen molar-refractivity contribution in [1.29, 1.82) is 0 Å². The molecule has 1 aromatic heterocycles. The summed E-state index contributed by atoms with van der Waals surface area (Å²) in [5.41, 5.74) is 0.308. The fraction of sp³-hybridized carbons (Fsp3) is 0.615. The summed E-state index contributed by atoms with van der Waals surface area (Å²) >= 11 is 0. The van der Waals surface area contributed by atoms with Crippen molar-refractivity contribution in [2.45, 2.75) is 39.0 Å². The molecule has 5 heteroatoms. The number of nitrogens with zero attached hydrogens (tertiary/aromatic N) is 2. The van der Waals surface area contributed by atoms with Gasteiger partial charge in [0.25, 0.3) is 0 Å². The molecule has 0 bridgehead atoms. The van der Waals surface area contributed by atoms with Crippen LogP contribution in [-0.2, 0) is 0 Å². The van der Waals surface area contributed by atoms with Crippen molar-refractivity contribution in [3.8, 4) is 0 Å². The van der Waals surface area contributed by atoms with E-state index in [0.717, 1.165) is 6.54 Å². The van der Waals surface area contributed by atoms with Crippen LogP contribution in [0, 0.1) is 5.41 Å². The summed E-state index contributed by atoms with van der Waals surface area (Å²) in [4.78, 5) is 18.8. The molecular formula is C13H19N3O2. The molecule has 0 amide bonds. The van der Waals surface area contributed by atoms with Gasteiger partial charge >= 0.3 is 5.97 Å². The minimum atomic E-state index is -1.02. The first-order chi connectivity index (χ1) is 8.59. The lowest BCUT2D eigenvalue weighted by Crippen LogP contribution is -2.29. The molecule has 2 N–H and O–H groups in total. The predicted molar refractivity (Wildman–Crippen MR) is 68.7 cm³/mol. The van der Waals surface area contributed by atoms with Gasteiger partial charge < -0.3 is 10.4 Å². The molecule has 98 valence electrons. The summed E-state index contributed by atoms with van der Waals surface area (Å²) in [6.45, 7) is 3.07. The van der Waals surface area contributed by atoms with Crippen LogP contribution >= 0.6 is 0 Å². The number of aromatic nitrogens is 2. The van der Waals surface area contributed by atoms with Crippen LogP contribution in [0.5, 0.6) is 0 Å². The van der Waals surface area contributed by atoms with Crippen molar-refractivity contribution >= 4 is 11.9 Å². The molecule has 1 aliphatic rings. The van der Waals surface area contributed by atoms with Gasteiger partial charge in [-0.3, -0.25) is 0 Å². The standard InChI is InChI=1S/C13H19N3O2/c1-13(6-3-2-4-7-13)9-15-12-14-8-5-10(16-12)11(17)18/h5,8H,2-4,6-7,9H2,1H3,(H,17,18)(H,14,15,16). The van der Waals surface area contributed by atoms with E-state index in [1.807, 2.05) is 0 Å². The van der Waals surface area contributed by atoms with Crippen LogP contribution in [0.1, 0.15) is 49.5 Å². The Morgan fingerprint density at radius 2 is 2.17 bits per heavy atom. The minimum absolute atomic E-state index is 0.0290. The van der Waals surface area contributed by atoms with E-state index in [1.54, 1.807) is 0 Å².